The second kappa shape index (κ2) is 24.1. The van der Waals surface area contributed by atoms with E-state index in [2.05, 4.69) is 107 Å². The smallest absolute Gasteiger partial charge is 0.165 e. The van der Waals surface area contributed by atoms with Gasteiger partial charge in [-0.3, -0.25) is 4.90 Å². The van der Waals surface area contributed by atoms with Crippen LogP contribution >= 0.6 is 11.3 Å². The number of rotatable bonds is 26. The molecular weight excluding hydrogens is 948 g/mol. The zero-order chi connectivity index (χ0) is 49.9. The number of aryl methyl sites for hydroxylation is 5. The van der Waals surface area contributed by atoms with Crippen LogP contribution < -0.4 is 10.1 Å². The van der Waals surface area contributed by atoms with E-state index >= 15 is 4.39 Å². The predicted octanol–water partition coefficient (Wildman–Crippen LogP) is 8.83. The molecule has 0 unspecified atom stereocenters. The number of nitrogens with zero attached hydrogens (tertiary/aromatic N) is 9. The van der Waals surface area contributed by atoms with Gasteiger partial charge in [0.05, 0.1) is 93.5 Å². The Morgan fingerprint density at radius 3 is 2.37 bits per heavy atom. The summed E-state index contributed by atoms with van der Waals surface area (Å²) in [5.74, 6) is 1.48. The lowest BCUT2D eigenvalue weighted by Gasteiger charge is -2.27. The molecule has 5 aromatic heterocycles. The first-order chi connectivity index (χ1) is 35.9. The number of halogens is 1. The summed E-state index contributed by atoms with van der Waals surface area (Å²) in [5.41, 5.74) is 14.1. The third-order valence-corrected chi connectivity index (χ3v) is 14.0. The molecule has 382 valence electrons. The molecule has 6 heterocycles. The lowest BCUT2D eigenvalue weighted by molar-refractivity contribution is 0.0132. The maximum absolute atomic E-state index is 15.4. The number of nitrogens with one attached hydrogen (secondary N) is 1. The van der Waals surface area contributed by atoms with Crippen molar-refractivity contribution in [3.8, 4) is 28.1 Å². The minimum atomic E-state index is -0.422. The van der Waals surface area contributed by atoms with Crippen LogP contribution in [0.2, 0.25) is 0 Å². The fourth-order valence-electron chi connectivity index (χ4n) is 9.66. The first kappa shape index (κ1) is 50.2. The number of hydrogen-bond donors (Lipinski definition) is 1. The van der Waals surface area contributed by atoms with Crippen LogP contribution in [0.3, 0.4) is 0 Å². The van der Waals surface area contributed by atoms with Gasteiger partial charge < -0.3 is 42.7 Å². The van der Waals surface area contributed by atoms with Gasteiger partial charge in [-0.25, -0.2) is 19.0 Å². The van der Waals surface area contributed by atoms with Gasteiger partial charge in [0.2, 0.25) is 0 Å². The van der Waals surface area contributed by atoms with Gasteiger partial charge in [0.15, 0.2) is 11.6 Å². The van der Waals surface area contributed by atoms with Crippen LogP contribution in [-0.2, 0) is 64.6 Å². The molecule has 73 heavy (non-hydrogen) atoms. The van der Waals surface area contributed by atoms with E-state index in [-0.39, 0.29) is 12.4 Å². The van der Waals surface area contributed by atoms with Crippen LogP contribution in [0, 0.1) is 19.7 Å². The van der Waals surface area contributed by atoms with Gasteiger partial charge in [0.25, 0.3) is 0 Å². The molecule has 0 aliphatic carbocycles. The van der Waals surface area contributed by atoms with Crippen LogP contribution in [0.1, 0.15) is 41.0 Å². The van der Waals surface area contributed by atoms with E-state index < -0.39 is 5.82 Å². The number of morpholine rings is 1. The molecule has 18 heteroatoms. The van der Waals surface area contributed by atoms with Crippen molar-refractivity contribution in [3.05, 3.63) is 130 Å². The summed E-state index contributed by atoms with van der Waals surface area (Å²) in [6.45, 7) is 17.1. The number of benzene rings is 4. The van der Waals surface area contributed by atoms with Crippen molar-refractivity contribution in [2.75, 3.05) is 79.0 Å². The number of thiazole rings is 1. The summed E-state index contributed by atoms with van der Waals surface area (Å²) in [5, 5.41) is 20.7. The Labute approximate surface area is 428 Å². The molecule has 0 amide bonds. The fourth-order valence-corrected chi connectivity index (χ4v) is 10.2. The summed E-state index contributed by atoms with van der Waals surface area (Å²) < 4.78 is 55.9. The quantitative estimate of drug-likeness (QED) is 0.0515. The second-order valence-corrected chi connectivity index (χ2v) is 19.0. The minimum Gasteiger partial charge on any atom is -0.484 e. The maximum atomic E-state index is 15.4. The highest BCUT2D eigenvalue weighted by molar-refractivity contribution is 7.07. The normalized spacial score (nSPS) is 13.4. The molecular formula is C55H63FN10O6S. The maximum Gasteiger partial charge on any atom is 0.165 e. The van der Waals surface area contributed by atoms with Crippen molar-refractivity contribution in [3.63, 3.8) is 0 Å². The molecule has 9 aromatic rings. The van der Waals surface area contributed by atoms with E-state index in [4.69, 9.17) is 33.2 Å². The molecule has 10 rings (SSSR count). The molecule has 4 aromatic carbocycles. The Kier molecular flexibility index (Phi) is 16.6. The molecule has 0 radical (unpaired) electrons. The van der Waals surface area contributed by atoms with Gasteiger partial charge in [-0.05, 0) is 86.3 Å². The van der Waals surface area contributed by atoms with Gasteiger partial charge in [-0.15, -0.1) is 16.4 Å². The number of ether oxygens (including phenoxy) is 5. The zero-order valence-corrected chi connectivity index (χ0v) is 42.7. The summed E-state index contributed by atoms with van der Waals surface area (Å²) in [4.78, 5) is 12.0. The summed E-state index contributed by atoms with van der Waals surface area (Å²) >= 11 is 1.62. The lowest BCUT2D eigenvalue weighted by Crippen LogP contribution is -2.38. The molecule has 1 fully saturated rings. The number of fused-ring (bicyclic) bond motifs is 4. The average molecular weight is 1010 g/mol. The van der Waals surface area contributed by atoms with Crippen LogP contribution in [0.15, 0.2) is 94.4 Å². The highest BCUT2D eigenvalue weighted by atomic mass is 32.1. The summed E-state index contributed by atoms with van der Waals surface area (Å²) in [6, 6.07) is 24.9. The summed E-state index contributed by atoms with van der Waals surface area (Å²) in [7, 11) is 0. The monoisotopic (exact) mass is 1010 g/mol. The third-order valence-electron chi connectivity index (χ3n) is 13.4. The van der Waals surface area contributed by atoms with Gasteiger partial charge in [-0.1, -0.05) is 40.7 Å². The molecule has 16 nitrogen and oxygen atoms in total. The van der Waals surface area contributed by atoms with Crippen molar-refractivity contribution in [1.29, 1.82) is 0 Å². The number of imidazole rings is 1. The number of aromatic nitrogens is 8. The highest BCUT2D eigenvalue weighted by Gasteiger charge is 2.19. The fraction of sp³-hybridized carbons (Fsp3) is 0.400. The van der Waals surface area contributed by atoms with Gasteiger partial charge in [0.1, 0.15) is 23.9 Å². The van der Waals surface area contributed by atoms with Crippen LogP contribution in [0.4, 0.5) is 4.39 Å². The molecule has 1 aliphatic rings. The molecule has 1 saturated heterocycles. The van der Waals surface area contributed by atoms with Crippen molar-refractivity contribution < 1.29 is 32.6 Å². The predicted molar refractivity (Wildman–Crippen MR) is 281 cm³/mol. The van der Waals surface area contributed by atoms with Crippen molar-refractivity contribution in [2.24, 2.45) is 0 Å². The largest absolute Gasteiger partial charge is 0.484 e. The van der Waals surface area contributed by atoms with Crippen LogP contribution in [0.5, 0.6) is 5.75 Å². The molecule has 1 N–H and O–H groups in total. The molecule has 0 spiro atoms. The standard InChI is InChI=1S/C55H63FN10O6S/c1-4-65-50-11-5-41(29-46(50)45-10-8-42(32-52(45)65)49-36-73-37-58-49)33-57-15-21-67-25-27-70-28-26-69-24-20-64-34-44(60-62-64)35-71-53-13-6-40(30-47(53)56)7-14-54-59-48-31-43(55-38(2)61-72-39(55)3)9-12-51(48)66(54)17-16-63-18-22-68-23-19-63/h5-6,8-13,29-32,34,36-37,57H,4,7,14-28,33,35H2,1-3H3. The summed E-state index contributed by atoms with van der Waals surface area (Å²) in [6.07, 6.45) is 3.05. The van der Waals surface area contributed by atoms with Gasteiger partial charge >= 0.3 is 0 Å². The zero-order valence-electron chi connectivity index (χ0n) is 41.9. The van der Waals surface area contributed by atoms with Crippen LogP contribution in [-0.4, -0.2) is 123 Å². The van der Waals surface area contributed by atoms with E-state index in [0.29, 0.717) is 64.7 Å². The highest BCUT2D eigenvalue weighted by Crippen LogP contribution is 2.34. The van der Waals surface area contributed by atoms with E-state index in [9.17, 15) is 0 Å². The van der Waals surface area contributed by atoms with E-state index in [1.54, 1.807) is 34.3 Å². The molecule has 0 bridgehead atoms. The van der Waals surface area contributed by atoms with Crippen LogP contribution in [0.25, 0.3) is 55.2 Å². The molecule has 1 aliphatic heterocycles. The SMILES string of the molecule is CCn1c2ccc(CNCCOCCOCCOCCn3cc(COc4ccc(CCc5nc6cc(-c7c(C)noc7C)ccc6n5CCN5CCOCC5)cc4F)nn3)cc2c2ccc(-c3cscn3)cc21. The Morgan fingerprint density at radius 2 is 1.58 bits per heavy atom. The van der Waals surface area contributed by atoms with Crippen molar-refractivity contribution in [1.82, 2.24) is 49.5 Å². The van der Waals surface area contributed by atoms with Crippen molar-refractivity contribution in [2.45, 2.75) is 66.4 Å². The first-order valence-corrected chi connectivity index (χ1v) is 26.2. The Bertz CT molecular complexity index is 3210. The Morgan fingerprint density at radius 1 is 0.767 bits per heavy atom. The Balaban J connectivity index is 0.603. The van der Waals surface area contributed by atoms with E-state index in [0.717, 1.165) is 115 Å². The number of hydrogen-bond acceptors (Lipinski definition) is 14. The lowest BCUT2D eigenvalue weighted by atomic mass is 10.0. The molecule has 0 saturated carbocycles. The van der Waals surface area contributed by atoms with E-state index in [1.807, 2.05) is 25.4 Å². The van der Waals surface area contributed by atoms with Gasteiger partial charge in [0, 0.05) is 90.5 Å². The van der Waals surface area contributed by atoms with Gasteiger partial charge in [-0.2, -0.15) is 0 Å². The topological polar surface area (TPSA) is 154 Å². The average Bonchev–Trinajstić information content (AvgIpc) is 4.28. The second-order valence-electron chi connectivity index (χ2n) is 18.3. The Hall–Kier alpha value is -6.38. The minimum absolute atomic E-state index is 0.0878. The third kappa shape index (κ3) is 12.2. The molecule has 0 atom stereocenters. The van der Waals surface area contributed by atoms with Crippen molar-refractivity contribution >= 4 is 44.2 Å². The first-order valence-electron chi connectivity index (χ1n) is 25.3. The van der Waals surface area contributed by atoms with E-state index in [1.165, 1.54) is 27.4 Å².